The van der Waals surface area contributed by atoms with E-state index in [0.29, 0.717) is 13.1 Å². The fourth-order valence-electron chi connectivity index (χ4n) is 6.99. The summed E-state index contributed by atoms with van der Waals surface area (Å²) in [6, 6.07) is 15.4. The third-order valence-electron chi connectivity index (χ3n) is 10.0. The minimum Gasteiger partial charge on any atom is -0.391 e. The molecule has 0 spiro atoms. The van der Waals surface area contributed by atoms with Gasteiger partial charge in [-0.1, -0.05) is 57.2 Å². The number of anilines is 1. The molecule has 4 N–H and O–H groups in total. The highest BCUT2D eigenvalue weighted by molar-refractivity contribution is 7.13. The zero-order valence-corrected chi connectivity index (χ0v) is 31.7. The zero-order valence-electron chi connectivity index (χ0n) is 30.8. The summed E-state index contributed by atoms with van der Waals surface area (Å²) in [5.74, 6) is -0.999. The summed E-state index contributed by atoms with van der Waals surface area (Å²) in [6.45, 7) is 12.4. The number of aliphatic hydroxyl groups excluding tert-OH is 1. The van der Waals surface area contributed by atoms with Crippen molar-refractivity contribution in [1.29, 1.82) is 0 Å². The van der Waals surface area contributed by atoms with Crippen molar-refractivity contribution < 1.29 is 19.5 Å². The monoisotopic (exact) mass is 740 g/mol. The van der Waals surface area contributed by atoms with Crippen LogP contribution in [0.4, 0.5) is 5.69 Å². The van der Waals surface area contributed by atoms with Gasteiger partial charge in [0.05, 0.1) is 41.0 Å². The number of β-amino-alcohol motifs (C(OH)–C–C–N with tert-alkyl or cyclic N) is 1. The van der Waals surface area contributed by atoms with Crippen LogP contribution >= 0.6 is 11.3 Å². The lowest BCUT2D eigenvalue weighted by Gasteiger charge is -2.37. The Hall–Kier alpha value is -4.92. The molecule has 2 aliphatic rings. The number of piperazine rings is 1. The SMILES string of the molecule is Cc1ncsc1-c1ccc([C@H](C)NC(=O)[C@@H]2C[C@@H](O)CN2C(=O)[C@@H](NC(=O)CN2CCN(c3ccc(-c4cn[nH]c(=O)c4)cc3)CC2)C(C)(C)C)cc1. The van der Waals surface area contributed by atoms with Gasteiger partial charge in [-0.05, 0) is 48.1 Å². The van der Waals surface area contributed by atoms with Crippen molar-refractivity contribution in [2.45, 2.75) is 65.3 Å². The van der Waals surface area contributed by atoms with Crippen LogP contribution < -0.4 is 21.1 Å². The summed E-state index contributed by atoms with van der Waals surface area (Å²) in [4.78, 5) is 64.0. The Balaban J connectivity index is 1.03. The largest absolute Gasteiger partial charge is 0.391 e. The maximum atomic E-state index is 14.1. The minimum atomic E-state index is -0.897. The van der Waals surface area contributed by atoms with Crippen LogP contribution in [0.15, 0.2) is 71.1 Å². The van der Waals surface area contributed by atoms with Gasteiger partial charge in [-0.15, -0.1) is 11.3 Å². The van der Waals surface area contributed by atoms with Gasteiger partial charge >= 0.3 is 0 Å². The van der Waals surface area contributed by atoms with Gasteiger partial charge in [0, 0.05) is 56.5 Å². The van der Waals surface area contributed by atoms with Gasteiger partial charge in [0.15, 0.2) is 0 Å². The molecule has 4 atom stereocenters. The second-order valence-electron chi connectivity index (χ2n) is 15.0. The van der Waals surface area contributed by atoms with E-state index >= 15 is 0 Å². The van der Waals surface area contributed by atoms with Crippen molar-refractivity contribution in [2.75, 3.05) is 44.2 Å². The van der Waals surface area contributed by atoms with Crippen molar-refractivity contribution in [3.8, 4) is 21.6 Å². The fraction of sp³-hybridized carbons (Fsp3) is 0.436. The number of hydrogen-bond acceptors (Lipinski definition) is 10. The normalized spacial score (nSPS) is 19.1. The summed E-state index contributed by atoms with van der Waals surface area (Å²) >= 11 is 1.58. The number of aryl methyl sites for hydroxylation is 1. The van der Waals surface area contributed by atoms with E-state index in [9.17, 15) is 24.3 Å². The molecule has 2 aliphatic heterocycles. The van der Waals surface area contributed by atoms with Crippen molar-refractivity contribution in [2.24, 2.45) is 5.41 Å². The van der Waals surface area contributed by atoms with Crippen LogP contribution in [-0.4, -0.2) is 105 Å². The van der Waals surface area contributed by atoms with Crippen LogP contribution in [0.1, 0.15) is 51.4 Å². The standard InChI is InChI=1S/C39H48N8O5S/c1-24(26-6-8-28(9-7-26)35-25(2)40-23-53-35)42-37(51)32-19-31(48)21-47(32)38(52)36(39(3,4)5)43-34(50)22-45-14-16-46(17-15-45)30-12-10-27(11-13-30)29-18-33(49)44-41-20-29/h6-13,18,20,23-24,31-32,36,48H,14-17,19,21-22H2,1-5H3,(H,42,51)(H,43,50)(H,44,49)/t24-,31+,32-,36+/m0/s1. The molecule has 2 aromatic carbocycles. The number of H-pyrrole nitrogens is 1. The number of benzene rings is 2. The van der Waals surface area contributed by atoms with Crippen molar-refractivity contribution in [3.63, 3.8) is 0 Å². The molecule has 0 unspecified atom stereocenters. The molecule has 14 heteroatoms. The summed E-state index contributed by atoms with van der Waals surface area (Å²) < 4.78 is 0. The van der Waals surface area contributed by atoms with E-state index in [0.717, 1.165) is 51.6 Å². The zero-order chi connectivity index (χ0) is 37.9. The Morgan fingerprint density at radius 1 is 0.981 bits per heavy atom. The number of rotatable bonds is 10. The number of likely N-dealkylation sites (tertiary alicyclic amines) is 1. The summed E-state index contributed by atoms with van der Waals surface area (Å²) in [6.07, 6.45) is 0.889. The molecule has 0 bridgehead atoms. The third-order valence-corrected chi connectivity index (χ3v) is 11.0. The molecule has 0 radical (unpaired) electrons. The van der Waals surface area contributed by atoms with Crippen LogP contribution in [-0.2, 0) is 14.4 Å². The van der Waals surface area contributed by atoms with E-state index in [-0.39, 0.29) is 48.8 Å². The second kappa shape index (κ2) is 16.0. The lowest BCUT2D eigenvalue weighted by Crippen LogP contribution is -2.59. The Morgan fingerprint density at radius 2 is 1.66 bits per heavy atom. The highest BCUT2D eigenvalue weighted by Gasteiger charge is 2.44. The molecule has 3 amide bonds. The van der Waals surface area contributed by atoms with E-state index in [4.69, 9.17) is 0 Å². The van der Waals surface area contributed by atoms with Crippen LogP contribution in [0.3, 0.4) is 0 Å². The first-order valence-corrected chi connectivity index (χ1v) is 18.9. The lowest BCUT2D eigenvalue weighted by molar-refractivity contribution is -0.144. The van der Waals surface area contributed by atoms with Crippen molar-refractivity contribution in [3.05, 3.63) is 87.9 Å². The number of nitrogens with one attached hydrogen (secondary N) is 3. The lowest BCUT2D eigenvalue weighted by atomic mass is 9.85. The first-order chi connectivity index (χ1) is 25.3. The predicted octanol–water partition coefficient (Wildman–Crippen LogP) is 3.36. The number of aliphatic hydroxyl groups is 1. The van der Waals surface area contributed by atoms with Gasteiger partial charge in [0.2, 0.25) is 17.7 Å². The van der Waals surface area contributed by atoms with Crippen LogP contribution in [0.5, 0.6) is 0 Å². The van der Waals surface area contributed by atoms with E-state index in [1.807, 2.05) is 88.7 Å². The van der Waals surface area contributed by atoms with E-state index in [1.54, 1.807) is 17.5 Å². The maximum Gasteiger partial charge on any atom is 0.264 e. The van der Waals surface area contributed by atoms with E-state index in [2.05, 4.69) is 35.6 Å². The number of carbonyl (C=O) groups excluding carboxylic acids is 3. The number of thiazole rings is 1. The molecular formula is C39H48N8O5S. The topological polar surface area (TPSA) is 164 Å². The molecule has 0 aliphatic carbocycles. The summed E-state index contributed by atoms with van der Waals surface area (Å²) in [5, 5.41) is 22.9. The minimum absolute atomic E-state index is 0.0140. The van der Waals surface area contributed by atoms with Crippen LogP contribution in [0.25, 0.3) is 21.6 Å². The number of carbonyl (C=O) groups is 3. The van der Waals surface area contributed by atoms with Gasteiger partial charge in [-0.25, -0.2) is 10.1 Å². The van der Waals surface area contributed by atoms with Gasteiger partial charge in [0.1, 0.15) is 12.1 Å². The Kier molecular flexibility index (Phi) is 11.4. The van der Waals surface area contributed by atoms with Gasteiger partial charge < -0.3 is 25.5 Å². The molecule has 2 fully saturated rings. The smallest absolute Gasteiger partial charge is 0.264 e. The average Bonchev–Trinajstić information content (AvgIpc) is 3.75. The van der Waals surface area contributed by atoms with Crippen molar-refractivity contribution >= 4 is 34.7 Å². The Labute approximate surface area is 313 Å². The van der Waals surface area contributed by atoms with E-state index < -0.39 is 23.6 Å². The van der Waals surface area contributed by atoms with Gasteiger partial charge in [0.25, 0.3) is 5.56 Å². The second-order valence-corrected chi connectivity index (χ2v) is 15.9. The van der Waals surface area contributed by atoms with Gasteiger partial charge in [-0.3, -0.25) is 24.1 Å². The molecule has 6 rings (SSSR count). The number of amides is 3. The first-order valence-electron chi connectivity index (χ1n) is 18.0. The molecule has 4 heterocycles. The summed E-state index contributed by atoms with van der Waals surface area (Å²) in [7, 11) is 0. The Bertz CT molecular complexity index is 1960. The highest BCUT2D eigenvalue weighted by Crippen LogP contribution is 2.30. The molecule has 13 nitrogen and oxygen atoms in total. The molecule has 0 saturated carbocycles. The molecule has 2 saturated heterocycles. The fourth-order valence-corrected chi connectivity index (χ4v) is 7.80. The number of hydrogen-bond donors (Lipinski definition) is 4. The van der Waals surface area contributed by atoms with E-state index in [1.165, 1.54) is 11.0 Å². The van der Waals surface area contributed by atoms with Crippen LogP contribution in [0, 0.1) is 12.3 Å². The van der Waals surface area contributed by atoms with Crippen molar-refractivity contribution in [1.82, 2.24) is 35.6 Å². The first kappa shape index (κ1) is 37.8. The van der Waals surface area contributed by atoms with Crippen LogP contribution in [0.2, 0.25) is 0 Å². The number of aromatic nitrogens is 3. The molecular weight excluding hydrogens is 693 g/mol. The molecule has 280 valence electrons. The molecule has 4 aromatic rings. The number of aromatic amines is 1. The quantitative estimate of drug-likeness (QED) is 0.191. The maximum absolute atomic E-state index is 14.1. The summed E-state index contributed by atoms with van der Waals surface area (Å²) in [5.41, 5.74) is 6.57. The average molecular weight is 741 g/mol. The molecule has 53 heavy (non-hydrogen) atoms. The Morgan fingerprint density at radius 3 is 2.28 bits per heavy atom. The van der Waals surface area contributed by atoms with Gasteiger partial charge in [-0.2, -0.15) is 5.10 Å². The third kappa shape index (κ3) is 9.00. The predicted molar refractivity (Wildman–Crippen MR) is 205 cm³/mol. The number of nitrogens with zero attached hydrogens (tertiary/aromatic N) is 5. The molecule has 2 aromatic heterocycles. The highest BCUT2D eigenvalue weighted by atomic mass is 32.1.